The maximum absolute atomic E-state index is 13.7. The molecule has 1 unspecified atom stereocenters. The van der Waals surface area contributed by atoms with Gasteiger partial charge in [-0.25, -0.2) is 4.90 Å². The van der Waals surface area contributed by atoms with Gasteiger partial charge in [0.1, 0.15) is 5.75 Å². The summed E-state index contributed by atoms with van der Waals surface area (Å²) in [4.78, 5) is 28.9. The number of carbonyl (C=O) groups excluding carboxylic acids is 2. The average molecular weight is 424 g/mol. The van der Waals surface area contributed by atoms with Crippen LogP contribution in [-0.4, -0.2) is 18.4 Å². The Hall–Kier alpha value is -3.40. The summed E-state index contributed by atoms with van der Waals surface area (Å²) in [5.41, 5.74) is 5.41. The number of unbranched alkanes of at least 4 members (excludes halogenated alkanes) is 1. The minimum Gasteiger partial charge on any atom is -0.494 e. The van der Waals surface area contributed by atoms with Crippen LogP contribution < -0.4 is 9.64 Å². The van der Waals surface area contributed by atoms with Crippen molar-refractivity contribution in [2.45, 2.75) is 31.6 Å². The molecule has 2 atom stereocenters. The van der Waals surface area contributed by atoms with Crippen molar-refractivity contribution in [3.63, 3.8) is 0 Å². The van der Waals surface area contributed by atoms with Crippen molar-refractivity contribution < 1.29 is 14.3 Å². The fraction of sp³-hybridized carbons (Fsp3) is 0.286. The molecule has 2 bridgehead atoms. The number of benzene rings is 3. The molecule has 3 aromatic rings. The molecule has 1 aliphatic heterocycles. The van der Waals surface area contributed by atoms with E-state index in [0.717, 1.165) is 18.6 Å². The topological polar surface area (TPSA) is 46.6 Å². The van der Waals surface area contributed by atoms with E-state index in [4.69, 9.17) is 4.74 Å². The number of nitrogens with zero attached hydrogens (tertiary/aromatic N) is 1. The number of carbonyl (C=O) groups is 2. The summed E-state index contributed by atoms with van der Waals surface area (Å²) in [5.74, 6) is -0.252. The van der Waals surface area contributed by atoms with Gasteiger partial charge in [-0.2, -0.15) is 0 Å². The molecular formula is C28H25NO3. The number of hydrogen-bond acceptors (Lipinski definition) is 3. The molecule has 7 rings (SSSR count). The largest absolute Gasteiger partial charge is 0.494 e. The van der Waals surface area contributed by atoms with Crippen molar-refractivity contribution in [2.24, 2.45) is 11.8 Å². The first-order chi connectivity index (χ1) is 15.7. The smallest absolute Gasteiger partial charge is 0.238 e. The van der Waals surface area contributed by atoms with Crippen molar-refractivity contribution in [3.8, 4) is 5.75 Å². The van der Waals surface area contributed by atoms with Gasteiger partial charge in [-0.05, 0) is 52.9 Å². The molecule has 4 nitrogen and oxygen atoms in total. The van der Waals surface area contributed by atoms with E-state index in [-0.39, 0.29) is 35.5 Å². The molecule has 32 heavy (non-hydrogen) atoms. The second-order valence-corrected chi connectivity index (χ2v) is 8.97. The predicted octanol–water partition coefficient (Wildman–Crippen LogP) is 5.26. The monoisotopic (exact) mass is 423 g/mol. The number of rotatable bonds is 5. The van der Waals surface area contributed by atoms with Crippen LogP contribution in [0.2, 0.25) is 0 Å². The maximum Gasteiger partial charge on any atom is 0.238 e. The maximum atomic E-state index is 13.7. The molecule has 2 amide bonds. The molecule has 0 N–H and O–H groups in total. The van der Waals surface area contributed by atoms with Crippen molar-refractivity contribution >= 4 is 17.5 Å². The normalized spacial score (nSPS) is 24.8. The summed E-state index contributed by atoms with van der Waals surface area (Å²) in [6.07, 6.45) is 2.07. The highest BCUT2D eigenvalue weighted by atomic mass is 16.5. The van der Waals surface area contributed by atoms with Crippen LogP contribution in [0.4, 0.5) is 5.69 Å². The Balaban J connectivity index is 1.39. The molecule has 3 aromatic carbocycles. The number of anilines is 1. The quantitative estimate of drug-likeness (QED) is 0.415. The molecule has 0 saturated carbocycles. The predicted molar refractivity (Wildman–Crippen MR) is 123 cm³/mol. The van der Waals surface area contributed by atoms with Crippen molar-refractivity contribution in [1.29, 1.82) is 0 Å². The third-order valence-electron chi connectivity index (χ3n) is 7.31. The second kappa shape index (κ2) is 7.33. The summed E-state index contributed by atoms with van der Waals surface area (Å²) in [6.45, 7) is 2.79. The third kappa shape index (κ3) is 2.62. The zero-order valence-corrected chi connectivity index (χ0v) is 18.0. The van der Waals surface area contributed by atoms with Crippen LogP contribution in [0.15, 0.2) is 72.8 Å². The number of amides is 2. The molecule has 0 aromatic heterocycles. The lowest BCUT2D eigenvalue weighted by Crippen LogP contribution is -2.41. The molecular weight excluding hydrogens is 398 g/mol. The van der Waals surface area contributed by atoms with Crippen molar-refractivity contribution in [1.82, 2.24) is 0 Å². The van der Waals surface area contributed by atoms with Gasteiger partial charge in [0.2, 0.25) is 11.8 Å². The SMILES string of the molecule is CCCCOc1ccc(N2C(=O)C3C4c5ccccc5C(c5ccccc54)[C@H]3C2=O)cc1. The molecule has 1 fully saturated rings. The van der Waals surface area contributed by atoms with E-state index in [1.807, 2.05) is 48.5 Å². The van der Waals surface area contributed by atoms with Crippen LogP contribution in [0.25, 0.3) is 0 Å². The van der Waals surface area contributed by atoms with Crippen LogP contribution >= 0.6 is 0 Å². The van der Waals surface area contributed by atoms with Gasteiger partial charge in [0.05, 0.1) is 24.1 Å². The van der Waals surface area contributed by atoms with Gasteiger partial charge in [0.25, 0.3) is 0 Å². The fourth-order valence-corrected chi connectivity index (χ4v) is 5.96. The highest BCUT2D eigenvalue weighted by molar-refractivity contribution is 6.23. The molecule has 0 radical (unpaired) electrons. The van der Waals surface area contributed by atoms with Crippen molar-refractivity contribution in [2.75, 3.05) is 11.5 Å². The molecule has 3 aliphatic carbocycles. The van der Waals surface area contributed by atoms with Gasteiger partial charge in [0.15, 0.2) is 0 Å². The minimum absolute atomic E-state index is 0.0736. The van der Waals surface area contributed by atoms with E-state index >= 15 is 0 Å². The first-order valence-corrected chi connectivity index (χ1v) is 11.5. The number of hydrogen-bond donors (Lipinski definition) is 0. The van der Waals surface area contributed by atoms with Crippen LogP contribution in [0.1, 0.15) is 53.9 Å². The standard InChI is InChI=1S/C28H25NO3/c1-2-3-16-32-18-14-12-17(13-15-18)29-27(30)25-23-19-8-4-5-9-20(19)24(26(25)28(29)31)22-11-7-6-10-21(22)23/h4-15,23-26H,2-3,16H2,1H3/t23?,24?,25-,26?/m1/s1. The van der Waals surface area contributed by atoms with Crippen LogP contribution in [0, 0.1) is 11.8 Å². The number of imide groups is 1. The minimum atomic E-state index is -0.349. The van der Waals surface area contributed by atoms with Crippen molar-refractivity contribution in [3.05, 3.63) is 95.1 Å². The van der Waals surface area contributed by atoms with Gasteiger partial charge in [-0.1, -0.05) is 61.9 Å². The summed E-state index contributed by atoms with van der Waals surface area (Å²) < 4.78 is 5.75. The van der Waals surface area contributed by atoms with E-state index in [0.29, 0.717) is 12.3 Å². The van der Waals surface area contributed by atoms with Crippen LogP contribution in [-0.2, 0) is 9.59 Å². The summed E-state index contributed by atoms with van der Waals surface area (Å²) >= 11 is 0. The first kappa shape index (κ1) is 19.3. The van der Waals surface area contributed by atoms with Gasteiger partial charge in [0, 0.05) is 11.8 Å². The lowest BCUT2D eigenvalue weighted by molar-refractivity contribution is -0.122. The Morgan fingerprint density at radius 2 is 1.19 bits per heavy atom. The molecule has 1 heterocycles. The van der Waals surface area contributed by atoms with Gasteiger partial charge >= 0.3 is 0 Å². The van der Waals surface area contributed by atoms with E-state index < -0.39 is 0 Å². The lowest BCUT2D eigenvalue weighted by Gasteiger charge is -2.45. The Morgan fingerprint density at radius 1 is 0.719 bits per heavy atom. The molecule has 4 heteroatoms. The highest BCUT2D eigenvalue weighted by Gasteiger charge is 2.61. The van der Waals surface area contributed by atoms with Gasteiger partial charge in [-0.3, -0.25) is 9.59 Å². The first-order valence-electron chi connectivity index (χ1n) is 11.5. The summed E-state index contributed by atoms with van der Waals surface area (Å²) in [7, 11) is 0. The lowest BCUT2D eigenvalue weighted by atomic mass is 9.55. The Morgan fingerprint density at radius 3 is 1.62 bits per heavy atom. The Bertz CT molecular complexity index is 1100. The summed E-state index contributed by atoms with van der Waals surface area (Å²) in [5, 5.41) is 0. The average Bonchev–Trinajstić information content (AvgIpc) is 3.10. The Labute approximate surface area is 187 Å². The highest BCUT2D eigenvalue weighted by Crippen LogP contribution is 2.61. The Kier molecular flexibility index (Phi) is 4.42. The van der Waals surface area contributed by atoms with E-state index in [2.05, 4.69) is 31.2 Å². The molecule has 1 saturated heterocycles. The zero-order chi connectivity index (χ0) is 21.8. The van der Waals surface area contributed by atoms with Crippen LogP contribution in [0.5, 0.6) is 5.75 Å². The van der Waals surface area contributed by atoms with Gasteiger partial charge < -0.3 is 4.74 Å². The second-order valence-electron chi connectivity index (χ2n) is 8.97. The van der Waals surface area contributed by atoms with E-state index in [1.165, 1.54) is 27.2 Å². The molecule has 0 spiro atoms. The van der Waals surface area contributed by atoms with Gasteiger partial charge in [-0.15, -0.1) is 0 Å². The van der Waals surface area contributed by atoms with E-state index in [1.54, 1.807) is 0 Å². The fourth-order valence-electron chi connectivity index (χ4n) is 5.96. The molecule has 160 valence electrons. The van der Waals surface area contributed by atoms with Crippen LogP contribution in [0.3, 0.4) is 0 Å². The third-order valence-corrected chi connectivity index (χ3v) is 7.31. The van der Waals surface area contributed by atoms with E-state index in [9.17, 15) is 9.59 Å². The summed E-state index contributed by atoms with van der Waals surface area (Å²) in [6, 6.07) is 24.0. The number of ether oxygens (including phenoxy) is 1. The zero-order valence-electron chi connectivity index (χ0n) is 18.0. The molecule has 4 aliphatic rings.